The van der Waals surface area contributed by atoms with Crippen LogP contribution in [-0.4, -0.2) is 37.1 Å². The van der Waals surface area contributed by atoms with Crippen LogP contribution in [0.1, 0.15) is 25.7 Å². The molecule has 2 saturated carbocycles. The molecule has 2 aliphatic rings. The van der Waals surface area contributed by atoms with Gasteiger partial charge in [0.2, 0.25) is 0 Å². The lowest BCUT2D eigenvalue weighted by molar-refractivity contribution is 0.581. The lowest BCUT2D eigenvalue weighted by atomic mass is 10.8. The minimum atomic E-state index is -2.17. The molecule has 0 heterocycles. The summed E-state index contributed by atoms with van der Waals surface area (Å²) in [5.74, 6) is 0. The van der Waals surface area contributed by atoms with Gasteiger partial charge in [0.25, 0.3) is 0 Å². The molecule has 0 atom stereocenters. The maximum atomic E-state index is 12.8. The Morgan fingerprint density at radius 1 is 1.21 bits per heavy atom. The van der Waals surface area contributed by atoms with Gasteiger partial charge >= 0.3 is 0 Å². The van der Waals surface area contributed by atoms with E-state index in [0.717, 1.165) is 31.1 Å². The summed E-state index contributed by atoms with van der Waals surface area (Å²) in [6.07, 6.45) is 6.22. The van der Waals surface area contributed by atoms with E-state index in [9.17, 15) is 4.57 Å². The normalized spacial score (nSPS) is 24.6. The minimum absolute atomic E-state index is 0.437. The smallest absolute Gasteiger partial charge is 0.140 e. The maximum absolute atomic E-state index is 12.8. The molecule has 0 bridgehead atoms. The van der Waals surface area contributed by atoms with Crippen molar-refractivity contribution in [2.45, 2.75) is 37.0 Å². The number of hydrogen-bond acceptors (Lipinski definition) is 3. The van der Waals surface area contributed by atoms with Gasteiger partial charge in [-0.2, -0.15) is 0 Å². The van der Waals surface area contributed by atoms with Crippen molar-refractivity contribution in [3.05, 3.63) is 0 Å². The van der Waals surface area contributed by atoms with Gasteiger partial charge in [0.1, 0.15) is 12.6 Å². The highest BCUT2D eigenvalue weighted by molar-refractivity contribution is 7.84. The number of rotatable bonds is 4. The van der Waals surface area contributed by atoms with Gasteiger partial charge in [-0.3, -0.25) is 9.98 Å². The fraction of sp³-hybridized carbons (Fsp3) is 0.800. The predicted molar refractivity (Wildman–Crippen MR) is 61.4 cm³/mol. The van der Waals surface area contributed by atoms with Crippen LogP contribution < -0.4 is 0 Å². The van der Waals surface area contributed by atoms with E-state index >= 15 is 0 Å². The zero-order chi connectivity index (χ0) is 10.2. The van der Waals surface area contributed by atoms with Gasteiger partial charge in [0.05, 0.1) is 0 Å². The lowest BCUT2D eigenvalue weighted by Crippen LogP contribution is -2.10. The first kappa shape index (κ1) is 10.1. The molecule has 0 radical (unpaired) electrons. The van der Waals surface area contributed by atoms with Crippen LogP contribution >= 0.6 is 7.14 Å². The summed E-state index contributed by atoms with van der Waals surface area (Å²) < 4.78 is 12.8. The molecular formula is C10H17N2OP. The molecule has 0 unspecified atom stereocenters. The maximum Gasteiger partial charge on any atom is 0.140 e. The van der Waals surface area contributed by atoms with E-state index in [4.69, 9.17) is 0 Å². The molecule has 14 heavy (non-hydrogen) atoms. The Morgan fingerprint density at radius 3 is 2.00 bits per heavy atom. The largest absolute Gasteiger partial charge is 0.316 e. The van der Waals surface area contributed by atoms with Crippen molar-refractivity contribution in [1.29, 1.82) is 0 Å². The summed E-state index contributed by atoms with van der Waals surface area (Å²) in [5.41, 5.74) is 1.66. The first-order valence-corrected chi connectivity index (χ1v) is 7.07. The van der Waals surface area contributed by atoms with Crippen molar-refractivity contribution >= 4 is 18.8 Å². The molecular weight excluding hydrogens is 195 g/mol. The van der Waals surface area contributed by atoms with Crippen LogP contribution in [0.5, 0.6) is 0 Å². The van der Waals surface area contributed by atoms with E-state index in [-0.39, 0.29) is 0 Å². The van der Waals surface area contributed by atoms with Crippen LogP contribution in [0, 0.1) is 0 Å². The summed E-state index contributed by atoms with van der Waals surface area (Å²) in [7, 11) is 1.28. The highest BCUT2D eigenvalue weighted by Gasteiger charge is 2.53. The standard InChI is InChI=1S/C10H17N2OP/c1-11-7-10(12-2)14(13,8-3-4-8)9-5-6-9/h7-9H,3-6H2,1-2H3. The molecule has 0 aromatic rings. The van der Waals surface area contributed by atoms with Gasteiger partial charge in [-0.15, -0.1) is 0 Å². The van der Waals surface area contributed by atoms with Crippen molar-refractivity contribution in [2.24, 2.45) is 9.98 Å². The average molecular weight is 212 g/mol. The SMILES string of the molecule is CN=CC(=NC)P(=O)(C1CC1)C1CC1. The number of nitrogens with zero attached hydrogens (tertiary/aromatic N) is 2. The fourth-order valence-corrected chi connectivity index (χ4v) is 5.79. The highest BCUT2D eigenvalue weighted by Crippen LogP contribution is 2.70. The van der Waals surface area contributed by atoms with E-state index < -0.39 is 7.14 Å². The van der Waals surface area contributed by atoms with Gasteiger partial charge in [-0.25, -0.2) is 0 Å². The van der Waals surface area contributed by atoms with Gasteiger partial charge in [0, 0.05) is 31.6 Å². The summed E-state index contributed by atoms with van der Waals surface area (Å²) in [4.78, 5) is 8.14. The lowest BCUT2D eigenvalue weighted by Gasteiger charge is -2.16. The van der Waals surface area contributed by atoms with Crippen molar-refractivity contribution in [3.63, 3.8) is 0 Å². The predicted octanol–water partition coefficient (Wildman–Crippen LogP) is 2.40. The first-order valence-electron chi connectivity index (χ1n) is 5.22. The molecule has 0 N–H and O–H groups in total. The molecule has 2 aliphatic carbocycles. The van der Waals surface area contributed by atoms with Crippen LogP contribution in [0.3, 0.4) is 0 Å². The molecule has 2 rings (SSSR count). The van der Waals surface area contributed by atoms with Crippen LogP contribution in [-0.2, 0) is 4.57 Å². The van der Waals surface area contributed by atoms with Gasteiger partial charge < -0.3 is 4.57 Å². The second kappa shape index (κ2) is 3.62. The van der Waals surface area contributed by atoms with Crippen LogP contribution in [0.25, 0.3) is 0 Å². The summed E-state index contributed by atoms with van der Waals surface area (Å²) >= 11 is 0. The Hall–Kier alpha value is -0.430. The molecule has 78 valence electrons. The molecule has 2 fully saturated rings. The third-order valence-corrected chi connectivity index (χ3v) is 7.24. The van der Waals surface area contributed by atoms with E-state index in [0.29, 0.717) is 11.3 Å². The molecule has 3 nitrogen and oxygen atoms in total. The number of aliphatic imine (C=N–C) groups is 2. The number of hydrogen-bond donors (Lipinski definition) is 0. The topological polar surface area (TPSA) is 41.8 Å². The molecule has 4 heteroatoms. The third-order valence-electron chi connectivity index (χ3n) is 3.01. The Kier molecular flexibility index (Phi) is 2.61. The molecule has 0 amide bonds. The van der Waals surface area contributed by atoms with E-state index in [2.05, 4.69) is 9.98 Å². The van der Waals surface area contributed by atoms with Gasteiger partial charge in [0.15, 0.2) is 0 Å². The summed E-state index contributed by atoms with van der Waals surface area (Å²) in [6, 6.07) is 0. The van der Waals surface area contributed by atoms with Crippen LogP contribution in [0.15, 0.2) is 9.98 Å². The van der Waals surface area contributed by atoms with Crippen molar-refractivity contribution in [2.75, 3.05) is 14.1 Å². The molecule has 0 saturated heterocycles. The minimum Gasteiger partial charge on any atom is -0.316 e. The van der Waals surface area contributed by atoms with Gasteiger partial charge in [-0.05, 0) is 25.7 Å². The Morgan fingerprint density at radius 2 is 1.71 bits per heavy atom. The highest BCUT2D eigenvalue weighted by atomic mass is 31.2. The third kappa shape index (κ3) is 1.58. The summed E-state index contributed by atoms with van der Waals surface area (Å²) in [6.45, 7) is 0. The zero-order valence-electron chi connectivity index (χ0n) is 8.81. The van der Waals surface area contributed by atoms with E-state index in [1.165, 1.54) is 0 Å². The molecule has 0 aromatic heterocycles. The Bertz CT molecular complexity index is 311. The average Bonchev–Trinajstić information content (AvgIpc) is 3.07. The zero-order valence-corrected chi connectivity index (χ0v) is 9.70. The molecule has 0 aliphatic heterocycles. The molecule has 0 spiro atoms. The van der Waals surface area contributed by atoms with Crippen molar-refractivity contribution < 1.29 is 4.57 Å². The second-order valence-electron chi connectivity index (χ2n) is 4.14. The van der Waals surface area contributed by atoms with Crippen molar-refractivity contribution in [3.8, 4) is 0 Å². The Labute approximate surface area is 85.1 Å². The monoisotopic (exact) mass is 212 g/mol. The first-order chi connectivity index (χ1) is 6.73. The fourth-order valence-electron chi connectivity index (χ4n) is 2.01. The Balaban J connectivity index is 2.29. The second-order valence-corrected chi connectivity index (χ2v) is 7.48. The van der Waals surface area contributed by atoms with Gasteiger partial charge in [-0.1, -0.05) is 0 Å². The van der Waals surface area contributed by atoms with Crippen LogP contribution in [0.4, 0.5) is 0 Å². The van der Waals surface area contributed by atoms with Crippen molar-refractivity contribution in [1.82, 2.24) is 0 Å². The van der Waals surface area contributed by atoms with E-state index in [1.54, 1.807) is 20.3 Å². The van der Waals surface area contributed by atoms with E-state index in [1.807, 2.05) is 0 Å². The molecule has 0 aromatic carbocycles. The van der Waals surface area contributed by atoms with Crippen LogP contribution in [0.2, 0.25) is 0 Å². The summed E-state index contributed by atoms with van der Waals surface area (Å²) in [5, 5.41) is 0. The quantitative estimate of drug-likeness (QED) is 0.521.